The van der Waals surface area contributed by atoms with E-state index < -0.39 is 0 Å². The highest BCUT2D eigenvalue weighted by Gasteiger charge is 2.21. The summed E-state index contributed by atoms with van der Waals surface area (Å²) < 4.78 is 8.97. The second kappa shape index (κ2) is 12.6. The third-order valence-corrected chi connectivity index (χ3v) is 9.26. The summed E-state index contributed by atoms with van der Waals surface area (Å²) >= 11 is 0. The molecule has 3 heterocycles. The van der Waals surface area contributed by atoms with E-state index >= 15 is 0 Å². The lowest BCUT2D eigenvalue weighted by molar-refractivity contribution is 0.483. The summed E-state index contributed by atoms with van der Waals surface area (Å²) in [6.07, 6.45) is 3.87. The Balaban J connectivity index is 1.27. The summed E-state index contributed by atoms with van der Waals surface area (Å²) in [5.74, 6) is 3.07. The zero-order valence-electron chi connectivity index (χ0n) is 28.2. The number of nitrogens with zero attached hydrogens (tertiary/aromatic N) is 4. The molecule has 8 aromatic rings. The van der Waals surface area contributed by atoms with Gasteiger partial charge < -0.3 is 4.74 Å². The Hall–Kier alpha value is -5.94. The van der Waals surface area contributed by atoms with Gasteiger partial charge in [0.25, 0.3) is 0 Å². The van der Waals surface area contributed by atoms with Crippen LogP contribution >= 0.6 is 0 Å². The summed E-state index contributed by atoms with van der Waals surface area (Å²) in [5, 5.41) is 3.37. The molecule has 0 aliphatic heterocycles. The number of benzene rings is 5. The summed E-state index contributed by atoms with van der Waals surface area (Å²) in [5.41, 5.74) is 9.12. The van der Waals surface area contributed by atoms with Crippen molar-refractivity contribution < 1.29 is 4.74 Å². The average molecular weight is 639 g/mol. The molecule has 0 saturated heterocycles. The molecule has 0 unspecified atom stereocenters. The van der Waals surface area contributed by atoms with E-state index in [0.717, 1.165) is 56.3 Å². The molecule has 0 radical (unpaired) electrons. The van der Waals surface area contributed by atoms with Crippen LogP contribution in [0.3, 0.4) is 0 Å². The molecule has 0 atom stereocenters. The van der Waals surface area contributed by atoms with Crippen LogP contribution in [0.25, 0.3) is 38.6 Å². The van der Waals surface area contributed by atoms with Crippen molar-refractivity contribution in [3.63, 3.8) is 0 Å². The Labute approximate surface area is 287 Å². The molecule has 0 aliphatic rings. The van der Waals surface area contributed by atoms with E-state index in [0.29, 0.717) is 11.8 Å². The van der Waals surface area contributed by atoms with Gasteiger partial charge in [-0.2, -0.15) is 0 Å². The number of hydrogen-bond acceptors (Lipinski definition) is 4. The van der Waals surface area contributed by atoms with Gasteiger partial charge in [0, 0.05) is 34.3 Å². The molecule has 0 fully saturated rings. The van der Waals surface area contributed by atoms with Gasteiger partial charge in [0.1, 0.15) is 23.0 Å². The van der Waals surface area contributed by atoms with Crippen LogP contribution < -0.4 is 9.64 Å². The molecule has 8 rings (SSSR count). The van der Waals surface area contributed by atoms with Gasteiger partial charge in [-0.25, -0.2) is 9.97 Å². The predicted octanol–water partition coefficient (Wildman–Crippen LogP) is 12.2. The molecule has 49 heavy (non-hydrogen) atoms. The second-order valence-electron chi connectivity index (χ2n) is 13.1. The second-order valence-corrected chi connectivity index (χ2v) is 13.1. The van der Waals surface area contributed by atoms with Crippen molar-refractivity contribution in [1.29, 1.82) is 0 Å². The van der Waals surface area contributed by atoms with Crippen LogP contribution in [-0.2, 0) is 0 Å². The minimum Gasteiger partial charge on any atom is -0.457 e. The standard InChI is InChI=1S/C44H38N4O/c1-29(2)35-19-13-20-36(30(3)4)43(35)41-28-46-44-39-27-34(23-24-37(39)38-18-8-9-21-40(38)48(41)44)49-33-17-12-16-32(26-33)47(31-14-6-5-7-15-31)42-22-10-11-25-45-42/h5-30H,1-4H3. The van der Waals surface area contributed by atoms with Gasteiger partial charge in [-0.15, -0.1) is 0 Å². The number of hydrogen-bond donors (Lipinski definition) is 0. The molecule has 0 amide bonds. The van der Waals surface area contributed by atoms with E-state index in [1.54, 1.807) is 0 Å². The Bertz CT molecular complexity index is 2360. The van der Waals surface area contributed by atoms with Crippen molar-refractivity contribution in [2.24, 2.45) is 0 Å². The van der Waals surface area contributed by atoms with Gasteiger partial charge in [0.05, 0.1) is 23.1 Å². The molecule has 3 aromatic heterocycles. The van der Waals surface area contributed by atoms with Gasteiger partial charge in [0.15, 0.2) is 0 Å². The van der Waals surface area contributed by atoms with Crippen LogP contribution in [0.15, 0.2) is 146 Å². The third kappa shape index (κ3) is 5.47. The van der Waals surface area contributed by atoms with Crippen molar-refractivity contribution in [1.82, 2.24) is 14.4 Å². The Kier molecular flexibility index (Phi) is 7.81. The van der Waals surface area contributed by atoms with Crippen LogP contribution in [0, 0.1) is 0 Å². The Morgan fingerprint density at radius 3 is 2.02 bits per heavy atom. The zero-order chi connectivity index (χ0) is 33.5. The van der Waals surface area contributed by atoms with Crippen molar-refractivity contribution >= 4 is 44.5 Å². The molecule has 0 spiro atoms. The van der Waals surface area contributed by atoms with Crippen molar-refractivity contribution in [3.8, 4) is 22.8 Å². The van der Waals surface area contributed by atoms with Gasteiger partial charge >= 0.3 is 0 Å². The van der Waals surface area contributed by atoms with Crippen molar-refractivity contribution in [2.75, 3.05) is 4.90 Å². The van der Waals surface area contributed by atoms with Crippen LogP contribution in [-0.4, -0.2) is 14.4 Å². The first-order valence-corrected chi connectivity index (χ1v) is 17.0. The molecule has 5 heteroatoms. The molecular weight excluding hydrogens is 601 g/mol. The lowest BCUT2D eigenvalue weighted by Crippen LogP contribution is -2.11. The Morgan fingerprint density at radius 2 is 1.27 bits per heavy atom. The molecule has 240 valence electrons. The fourth-order valence-electron chi connectivity index (χ4n) is 7.01. The predicted molar refractivity (Wildman–Crippen MR) is 203 cm³/mol. The van der Waals surface area contributed by atoms with Gasteiger partial charge in [0.2, 0.25) is 0 Å². The van der Waals surface area contributed by atoms with E-state index in [2.05, 4.69) is 133 Å². The highest BCUT2D eigenvalue weighted by molar-refractivity contribution is 6.12. The lowest BCUT2D eigenvalue weighted by atomic mass is 9.87. The summed E-state index contributed by atoms with van der Waals surface area (Å²) in [7, 11) is 0. The Morgan fingerprint density at radius 1 is 0.571 bits per heavy atom. The number of aromatic nitrogens is 3. The summed E-state index contributed by atoms with van der Waals surface area (Å²) in [6.45, 7) is 9.09. The number of anilines is 3. The number of pyridine rings is 2. The quantitative estimate of drug-likeness (QED) is 0.155. The van der Waals surface area contributed by atoms with Gasteiger partial charge in [-0.05, 0) is 89.0 Å². The minimum absolute atomic E-state index is 0.372. The van der Waals surface area contributed by atoms with Crippen molar-refractivity contribution in [2.45, 2.75) is 39.5 Å². The number of imidazole rings is 1. The maximum Gasteiger partial charge on any atom is 0.145 e. The summed E-state index contributed by atoms with van der Waals surface area (Å²) in [6, 6.07) is 46.1. The zero-order valence-corrected chi connectivity index (χ0v) is 28.2. The fourth-order valence-corrected chi connectivity index (χ4v) is 7.01. The van der Waals surface area contributed by atoms with Crippen LogP contribution in [0.1, 0.15) is 50.7 Å². The van der Waals surface area contributed by atoms with E-state index in [1.807, 2.05) is 54.7 Å². The van der Waals surface area contributed by atoms with Crippen molar-refractivity contribution in [3.05, 3.63) is 157 Å². The van der Waals surface area contributed by atoms with E-state index in [9.17, 15) is 0 Å². The summed E-state index contributed by atoms with van der Waals surface area (Å²) in [4.78, 5) is 11.9. The molecule has 5 aromatic carbocycles. The van der Waals surface area contributed by atoms with Crippen LogP contribution in [0.4, 0.5) is 17.2 Å². The number of para-hydroxylation sites is 2. The maximum atomic E-state index is 6.62. The largest absolute Gasteiger partial charge is 0.457 e. The first-order valence-electron chi connectivity index (χ1n) is 17.0. The first-order chi connectivity index (χ1) is 24.0. The highest BCUT2D eigenvalue weighted by Crippen LogP contribution is 2.41. The van der Waals surface area contributed by atoms with Gasteiger partial charge in [-0.1, -0.05) is 94.4 Å². The molecule has 0 saturated carbocycles. The molecule has 0 aliphatic carbocycles. The number of fused-ring (bicyclic) bond motifs is 6. The average Bonchev–Trinajstić information content (AvgIpc) is 3.58. The SMILES string of the molecule is CC(C)c1cccc(C(C)C)c1-c1cnc2c3cc(Oc4cccc(N(c5ccccc5)c5ccccn5)c4)ccc3c3ccccc3n12. The van der Waals surface area contributed by atoms with Crippen LogP contribution in [0.2, 0.25) is 0 Å². The van der Waals surface area contributed by atoms with Gasteiger partial charge in [-0.3, -0.25) is 9.30 Å². The first kappa shape index (κ1) is 30.4. The van der Waals surface area contributed by atoms with E-state index in [4.69, 9.17) is 9.72 Å². The smallest absolute Gasteiger partial charge is 0.145 e. The monoisotopic (exact) mass is 638 g/mol. The minimum atomic E-state index is 0.372. The molecule has 5 nitrogen and oxygen atoms in total. The fraction of sp³-hybridized carbons (Fsp3) is 0.136. The highest BCUT2D eigenvalue weighted by atomic mass is 16.5. The van der Waals surface area contributed by atoms with E-state index in [1.165, 1.54) is 22.1 Å². The van der Waals surface area contributed by atoms with Crippen LogP contribution in [0.5, 0.6) is 11.5 Å². The number of rotatable bonds is 8. The molecule has 0 N–H and O–H groups in total. The van der Waals surface area contributed by atoms with E-state index in [-0.39, 0.29) is 0 Å². The number of ether oxygens (including phenoxy) is 1. The lowest BCUT2D eigenvalue weighted by Gasteiger charge is -2.24. The molecule has 0 bridgehead atoms. The topological polar surface area (TPSA) is 42.7 Å². The third-order valence-electron chi connectivity index (χ3n) is 9.26. The maximum absolute atomic E-state index is 6.62. The molecular formula is C44H38N4O. The normalized spacial score (nSPS) is 11.6.